The maximum Gasteiger partial charge on any atom is 0.162 e. The number of hydrogen-bond acceptors (Lipinski definition) is 1. The molecule has 0 aromatic carbocycles. The molecule has 0 aromatic rings. The molecule has 1 nitrogen and oxygen atoms in total. The van der Waals surface area contributed by atoms with E-state index in [9.17, 15) is 4.79 Å². The van der Waals surface area contributed by atoms with Crippen LogP contribution in [0, 0.1) is 5.92 Å². The number of allylic oxidation sites excluding steroid dienone is 4. The van der Waals surface area contributed by atoms with Gasteiger partial charge in [0.15, 0.2) is 5.78 Å². The van der Waals surface area contributed by atoms with Crippen molar-refractivity contribution in [3.05, 3.63) is 22.8 Å². The van der Waals surface area contributed by atoms with Gasteiger partial charge in [0, 0.05) is 17.9 Å². The van der Waals surface area contributed by atoms with Crippen molar-refractivity contribution < 1.29 is 4.79 Å². The number of carbonyl (C=O) groups is 1. The lowest BCUT2D eigenvalue weighted by Gasteiger charge is -2.08. The molecule has 0 amide bonds. The molecule has 1 saturated carbocycles. The lowest BCUT2D eigenvalue weighted by atomic mass is 9.94. The summed E-state index contributed by atoms with van der Waals surface area (Å²) in [6.07, 6.45) is 3.85. The summed E-state index contributed by atoms with van der Waals surface area (Å²) in [5.41, 5.74) is 4.05. The zero-order valence-electron chi connectivity index (χ0n) is 4.98. The Bertz CT molecular complexity index is 281. The molecule has 0 saturated heterocycles. The molecule has 0 radical (unpaired) electrons. The van der Waals surface area contributed by atoms with Gasteiger partial charge < -0.3 is 0 Å². The second-order valence-corrected chi connectivity index (χ2v) is 2.94. The molecular weight excluding hydrogens is 112 g/mol. The fraction of sp³-hybridized carbons (Fsp3) is 0.375. The van der Waals surface area contributed by atoms with Crippen LogP contribution in [0.1, 0.15) is 12.8 Å². The zero-order chi connectivity index (χ0) is 6.01. The van der Waals surface area contributed by atoms with Gasteiger partial charge in [-0.2, -0.15) is 0 Å². The van der Waals surface area contributed by atoms with Gasteiger partial charge in [0.25, 0.3) is 0 Å². The van der Waals surface area contributed by atoms with Gasteiger partial charge in [-0.15, -0.1) is 0 Å². The molecule has 1 fully saturated rings. The maximum absolute atomic E-state index is 11.0. The molecule has 3 aliphatic carbocycles. The number of Topliss-reactive ketones (excluding diaryl/α,β-unsaturated/α-hetero) is 1. The molecule has 3 aliphatic rings. The molecular formula is C8H6O. The summed E-state index contributed by atoms with van der Waals surface area (Å²) in [7, 11) is 0. The van der Waals surface area contributed by atoms with Crippen LogP contribution in [0.25, 0.3) is 0 Å². The molecule has 44 valence electrons. The summed E-state index contributed by atoms with van der Waals surface area (Å²) in [5, 5.41) is 0. The topological polar surface area (TPSA) is 17.1 Å². The standard InChI is InChI=1S/C8H6O/c9-7-2-1-4-5-3-6(7)8(4)5/h1,5H,2-3H2. The summed E-state index contributed by atoms with van der Waals surface area (Å²) in [6, 6.07) is 0. The molecule has 0 heterocycles. The Labute approximate surface area is 53.1 Å². The molecule has 0 N–H and O–H groups in total. The van der Waals surface area contributed by atoms with Crippen molar-refractivity contribution in [3.8, 4) is 0 Å². The van der Waals surface area contributed by atoms with Crippen molar-refractivity contribution in [1.82, 2.24) is 0 Å². The van der Waals surface area contributed by atoms with E-state index in [1.807, 2.05) is 0 Å². The number of carbonyl (C=O) groups excluding carboxylic acids is 1. The lowest BCUT2D eigenvalue weighted by molar-refractivity contribution is -0.115. The van der Waals surface area contributed by atoms with E-state index in [2.05, 4.69) is 6.08 Å². The number of rotatable bonds is 0. The van der Waals surface area contributed by atoms with E-state index < -0.39 is 0 Å². The van der Waals surface area contributed by atoms with Crippen molar-refractivity contribution in [3.63, 3.8) is 0 Å². The van der Waals surface area contributed by atoms with E-state index >= 15 is 0 Å². The van der Waals surface area contributed by atoms with Crippen LogP contribution in [0.4, 0.5) is 0 Å². The highest BCUT2D eigenvalue weighted by Crippen LogP contribution is 2.62. The molecule has 1 unspecified atom stereocenters. The van der Waals surface area contributed by atoms with Gasteiger partial charge in [0.1, 0.15) is 0 Å². The summed E-state index contributed by atoms with van der Waals surface area (Å²) in [5.74, 6) is 1.13. The first kappa shape index (κ1) is 4.04. The molecule has 0 aliphatic heterocycles. The predicted octanol–water partition coefficient (Wildman–Crippen LogP) is 1.22. The Kier molecular flexibility index (Phi) is 0.413. The summed E-state index contributed by atoms with van der Waals surface area (Å²) >= 11 is 0. The second-order valence-electron chi connectivity index (χ2n) is 2.94. The van der Waals surface area contributed by atoms with Crippen LogP contribution in [0.5, 0.6) is 0 Å². The number of ketones is 1. The minimum Gasteiger partial charge on any atom is -0.294 e. The third-order valence-corrected chi connectivity index (χ3v) is 2.53. The lowest BCUT2D eigenvalue weighted by Crippen LogP contribution is -2.07. The maximum atomic E-state index is 11.0. The Hall–Kier alpha value is -0.850. The average molecular weight is 118 g/mol. The van der Waals surface area contributed by atoms with Crippen molar-refractivity contribution >= 4 is 5.78 Å². The molecule has 0 aromatic heterocycles. The van der Waals surface area contributed by atoms with E-state index in [0.29, 0.717) is 12.2 Å². The van der Waals surface area contributed by atoms with E-state index in [1.54, 1.807) is 0 Å². The van der Waals surface area contributed by atoms with Gasteiger partial charge in [-0.1, -0.05) is 6.08 Å². The summed E-state index contributed by atoms with van der Waals surface area (Å²) < 4.78 is 0. The first-order chi connectivity index (χ1) is 4.38. The minimum absolute atomic E-state index is 0.377. The average Bonchev–Trinajstić information content (AvgIpc) is 2.35. The highest BCUT2D eigenvalue weighted by Gasteiger charge is 2.51. The fourth-order valence-corrected chi connectivity index (χ4v) is 1.91. The normalized spacial score (nSPS) is 35.3. The Morgan fingerprint density at radius 3 is 3.22 bits per heavy atom. The smallest absolute Gasteiger partial charge is 0.162 e. The van der Waals surface area contributed by atoms with Gasteiger partial charge >= 0.3 is 0 Å². The SMILES string of the molecule is O=C1CC=C2C3=C1CC23. The van der Waals surface area contributed by atoms with E-state index in [4.69, 9.17) is 0 Å². The molecule has 0 spiro atoms. The predicted molar refractivity (Wildman–Crippen MR) is 32.8 cm³/mol. The Balaban J connectivity index is 2.30. The summed E-state index contributed by atoms with van der Waals surface area (Å²) in [6.45, 7) is 0. The zero-order valence-corrected chi connectivity index (χ0v) is 4.98. The molecule has 3 rings (SSSR count). The van der Waals surface area contributed by atoms with Crippen molar-refractivity contribution in [2.24, 2.45) is 5.92 Å². The van der Waals surface area contributed by atoms with Crippen LogP contribution in [0.15, 0.2) is 22.8 Å². The van der Waals surface area contributed by atoms with Gasteiger partial charge in [-0.25, -0.2) is 0 Å². The van der Waals surface area contributed by atoms with Crippen LogP contribution in [-0.4, -0.2) is 5.78 Å². The molecule has 0 bridgehead atoms. The van der Waals surface area contributed by atoms with E-state index in [-0.39, 0.29) is 0 Å². The van der Waals surface area contributed by atoms with Gasteiger partial charge in [-0.05, 0) is 17.6 Å². The highest BCUT2D eigenvalue weighted by atomic mass is 16.1. The van der Waals surface area contributed by atoms with Crippen molar-refractivity contribution in [2.45, 2.75) is 12.8 Å². The van der Waals surface area contributed by atoms with Crippen LogP contribution in [-0.2, 0) is 4.79 Å². The monoisotopic (exact) mass is 118 g/mol. The van der Waals surface area contributed by atoms with Gasteiger partial charge in [0.05, 0.1) is 0 Å². The Morgan fingerprint density at radius 1 is 1.56 bits per heavy atom. The number of hydrogen-bond donors (Lipinski definition) is 0. The van der Waals surface area contributed by atoms with Crippen molar-refractivity contribution in [1.29, 1.82) is 0 Å². The second kappa shape index (κ2) is 0.919. The Morgan fingerprint density at radius 2 is 2.44 bits per heavy atom. The van der Waals surface area contributed by atoms with Crippen LogP contribution in [0.3, 0.4) is 0 Å². The van der Waals surface area contributed by atoms with Crippen LogP contribution >= 0.6 is 0 Å². The van der Waals surface area contributed by atoms with Gasteiger partial charge in [-0.3, -0.25) is 4.79 Å². The van der Waals surface area contributed by atoms with Gasteiger partial charge in [0.2, 0.25) is 0 Å². The van der Waals surface area contributed by atoms with Crippen molar-refractivity contribution in [2.75, 3.05) is 0 Å². The minimum atomic E-state index is 0.377. The molecule has 1 atom stereocenters. The third-order valence-electron chi connectivity index (χ3n) is 2.53. The van der Waals surface area contributed by atoms with E-state index in [1.165, 1.54) is 11.1 Å². The van der Waals surface area contributed by atoms with Crippen LogP contribution < -0.4 is 0 Å². The summed E-state index contributed by atoms with van der Waals surface area (Å²) in [4.78, 5) is 11.0. The van der Waals surface area contributed by atoms with E-state index in [0.717, 1.165) is 17.9 Å². The third kappa shape index (κ3) is 0.277. The number of fused-ring (bicyclic) bond motifs is 1. The quantitative estimate of drug-likeness (QED) is 0.467. The molecule has 9 heavy (non-hydrogen) atoms. The first-order valence-corrected chi connectivity index (χ1v) is 3.34. The van der Waals surface area contributed by atoms with Crippen LogP contribution in [0.2, 0.25) is 0 Å². The largest absolute Gasteiger partial charge is 0.294 e. The fourth-order valence-electron chi connectivity index (χ4n) is 1.91. The highest BCUT2D eigenvalue weighted by molar-refractivity contribution is 6.05. The molecule has 1 heteroatoms. The first-order valence-electron chi connectivity index (χ1n) is 3.34.